The fourth-order valence-corrected chi connectivity index (χ4v) is 6.53. The van der Waals surface area contributed by atoms with Gasteiger partial charge in [-0.1, -0.05) is 6.07 Å². The molecule has 1 aliphatic heterocycles. The van der Waals surface area contributed by atoms with Crippen LogP contribution in [0, 0.1) is 0 Å². The van der Waals surface area contributed by atoms with E-state index in [1.807, 2.05) is 0 Å². The number of hydrogen-bond donors (Lipinski definition) is 3. The molecule has 2 heterocycles. The lowest BCUT2D eigenvalue weighted by molar-refractivity contribution is 0.0674. The first kappa shape index (κ1) is 29.8. The molecule has 3 rings (SSSR count). The molecule has 3 N–H and O–H groups in total. The molecule has 0 bridgehead atoms. The molecule has 13 heteroatoms. The molecule has 11 nitrogen and oxygen atoms in total. The van der Waals surface area contributed by atoms with E-state index >= 15 is 0 Å². The first-order valence-corrected chi connectivity index (χ1v) is 14.8. The molecular weight excluding hydrogens is 530 g/mol. The van der Waals surface area contributed by atoms with Gasteiger partial charge < -0.3 is 19.7 Å². The van der Waals surface area contributed by atoms with E-state index in [0.29, 0.717) is 30.1 Å². The Labute approximate surface area is 228 Å². The number of anilines is 1. The van der Waals surface area contributed by atoms with E-state index < -0.39 is 21.7 Å². The summed E-state index contributed by atoms with van der Waals surface area (Å²) in [6.07, 6.45) is 0.0349. The SMILES string of the molecule is CC(C)OC(=O)Nc1ccc(-c2cnc(C3CN(C(=O)OC(C)C)CCN3)s2)c(S(=O)(=O)NC(C)(C)C)c1. The zero-order valence-electron chi connectivity index (χ0n) is 22.8. The van der Waals surface area contributed by atoms with E-state index in [1.54, 1.807) is 71.7 Å². The molecule has 1 aliphatic rings. The van der Waals surface area contributed by atoms with Crippen molar-refractivity contribution in [2.75, 3.05) is 25.0 Å². The van der Waals surface area contributed by atoms with Gasteiger partial charge in [0.25, 0.3) is 0 Å². The largest absolute Gasteiger partial charge is 0.447 e. The summed E-state index contributed by atoms with van der Waals surface area (Å²) in [7, 11) is -3.97. The minimum atomic E-state index is -3.97. The van der Waals surface area contributed by atoms with E-state index in [2.05, 4.69) is 20.3 Å². The number of piperazine rings is 1. The highest BCUT2D eigenvalue weighted by Gasteiger charge is 2.30. The van der Waals surface area contributed by atoms with Gasteiger partial charge in [0.05, 0.1) is 28.0 Å². The van der Waals surface area contributed by atoms with Crippen LogP contribution in [0.2, 0.25) is 0 Å². The molecule has 0 spiro atoms. The zero-order chi connectivity index (χ0) is 28.3. The first-order valence-electron chi connectivity index (χ1n) is 12.5. The predicted molar refractivity (Wildman–Crippen MR) is 147 cm³/mol. The molecular formula is C25H37N5O6S2. The molecule has 1 fully saturated rings. The van der Waals surface area contributed by atoms with Crippen LogP contribution in [0.15, 0.2) is 29.3 Å². The summed E-state index contributed by atoms with van der Waals surface area (Å²) >= 11 is 1.34. The molecule has 210 valence electrons. The normalized spacial score (nSPS) is 16.6. The number of aromatic nitrogens is 1. The Balaban J connectivity index is 1.93. The van der Waals surface area contributed by atoms with Gasteiger partial charge >= 0.3 is 12.2 Å². The summed E-state index contributed by atoms with van der Waals surface area (Å²) in [5.41, 5.74) is 0.00141. The number of ether oxygens (including phenoxy) is 2. The molecule has 1 unspecified atom stereocenters. The molecule has 1 aromatic heterocycles. The Morgan fingerprint density at radius 1 is 1.16 bits per heavy atom. The monoisotopic (exact) mass is 567 g/mol. The quantitative estimate of drug-likeness (QED) is 0.449. The highest BCUT2D eigenvalue weighted by Crippen LogP contribution is 2.36. The lowest BCUT2D eigenvalue weighted by atomic mass is 10.1. The van der Waals surface area contributed by atoms with Crippen molar-refractivity contribution >= 4 is 39.2 Å². The number of carbonyl (C=O) groups excluding carboxylic acids is 2. The van der Waals surface area contributed by atoms with Crippen LogP contribution < -0.4 is 15.4 Å². The number of rotatable bonds is 7. The lowest BCUT2D eigenvalue weighted by Gasteiger charge is -2.32. The van der Waals surface area contributed by atoms with Gasteiger partial charge in [0.1, 0.15) is 5.01 Å². The van der Waals surface area contributed by atoms with Gasteiger partial charge in [-0.15, -0.1) is 11.3 Å². The van der Waals surface area contributed by atoms with Gasteiger partial charge in [0.15, 0.2) is 0 Å². The summed E-state index contributed by atoms with van der Waals surface area (Å²) in [5, 5.41) is 6.67. The van der Waals surface area contributed by atoms with Gasteiger partial charge in [-0.25, -0.2) is 27.7 Å². The Kier molecular flexibility index (Phi) is 9.39. The molecule has 1 atom stereocenters. The summed E-state index contributed by atoms with van der Waals surface area (Å²) in [6, 6.07) is 4.45. The molecule has 1 saturated heterocycles. The molecule has 0 saturated carbocycles. The van der Waals surface area contributed by atoms with Crippen LogP contribution in [0.1, 0.15) is 59.5 Å². The predicted octanol–water partition coefficient (Wildman–Crippen LogP) is 4.34. The van der Waals surface area contributed by atoms with Gasteiger partial charge in [-0.2, -0.15) is 0 Å². The summed E-state index contributed by atoms with van der Waals surface area (Å²) in [6.45, 7) is 13.8. The summed E-state index contributed by atoms with van der Waals surface area (Å²) < 4.78 is 40.0. The van der Waals surface area contributed by atoms with E-state index in [9.17, 15) is 18.0 Å². The van der Waals surface area contributed by atoms with Crippen LogP contribution in [0.25, 0.3) is 10.4 Å². The van der Waals surface area contributed by atoms with Crippen LogP contribution in [0.3, 0.4) is 0 Å². The minimum Gasteiger partial charge on any atom is -0.447 e. The number of carbonyl (C=O) groups is 2. The Hall–Kier alpha value is -2.74. The summed E-state index contributed by atoms with van der Waals surface area (Å²) in [4.78, 5) is 31.3. The molecule has 38 heavy (non-hydrogen) atoms. The second kappa shape index (κ2) is 12.0. The number of nitrogens with zero attached hydrogens (tertiary/aromatic N) is 2. The summed E-state index contributed by atoms with van der Waals surface area (Å²) in [5.74, 6) is 0. The number of benzene rings is 1. The fourth-order valence-electron chi connectivity index (χ4n) is 3.78. The third-order valence-electron chi connectivity index (χ3n) is 5.16. The Morgan fingerprint density at radius 2 is 1.84 bits per heavy atom. The average molecular weight is 568 g/mol. The van der Waals surface area contributed by atoms with E-state index in [-0.39, 0.29) is 34.9 Å². The van der Waals surface area contributed by atoms with Crippen molar-refractivity contribution in [2.24, 2.45) is 0 Å². The molecule has 0 radical (unpaired) electrons. The van der Waals surface area contributed by atoms with Crippen molar-refractivity contribution in [3.63, 3.8) is 0 Å². The van der Waals surface area contributed by atoms with Gasteiger partial charge in [-0.05, 0) is 60.6 Å². The fraction of sp³-hybridized carbons (Fsp3) is 0.560. The smallest absolute Gasteiger partial charge is 0.411 e. The van der Waals surface area contributed by atoms with Gasteiger partial charge in [0.2, 0.25) is 10.0 Å². The Bertz CT molecular complexity index is 1250. The Morgan fingerprint density at radius 3 is 2.47 bits per heavy atom. The second-order valence-corrected chi connectivity index (χ2v) is 13.3. The number of nitrogens with one attached hydrogen (secondary N) is 3. The average Bonchev–Trinajstić information content (AvgIpc) is 3.27. The maximum absolute atomic E-state index is 13.4. The zero-order valence-corrected chi connectivity index (χ0v) is 24.5. The molecule has 2 aromatic rings. The van der Waals surface area contributed by atoms with Crippen LogP contribution in [-0.2, 0) is 19.5 Å². The molecule has 1 aromatic carbocycles. The van der Waals surface area contributed by atoms with Crippen molar-refractivity contribution in [2.45, 2.75) is 77.2 Å². The molecule has 0 aliphatic carbocycles. The van der Waals surface area contributed by atoms with Crippen molar-refractivity contribution in [1.29, 1.82) is 0 Å². The second-order valence-electron chi connectivity index (χ2n) is 10.6. The third kappa shape index (κ3) is 8.13. The lowest BCUT2D eigenvalue weighted by Crippen LogP contribution is -2.48. The molecule has 2 amide bonds. The standard InChI is InChI=1S/C25H37N5O6S2/c1-15(2)35-23(31)28-17-8-9-18(21(12-17)38(33,34)29-25(5,6)7)20-13-27-22(37-20)19-14-30(11-10-26-19)24(32)36-16(3)4/h8-9,12-13,15-16,19,26,29H,10-11,14H2,1-7H3,(H,28,31). The van der Waals surface area contributed by atoms with Crippen molar-refractivity contribution in [3.8, 4) is 10.4 Å². The maximum atomic E-state index is 13.4. The number of thiazole rings is 1. The van der Waals surface area contributed by atoms with Gasteiger partial charge in [-0.3, -0.25) is 5.32 Å². The van der Waals surface area contributed by atoms with Crippen LogP contribution in [0.5, 0.6) is 0 Å². The van der Waals surface area contributed by atoms with E-state index in [4.69, 9.17) is 9.47 Å². The van der Waals surface area contributed by atoms with Crippen molar-refractivity contribution in [1.82, 2.24) is 19.9 Å². The van der Waals surface area contributed by atoms with E-state index in [0.717, 1.165) is 5.01 Å². The highest BCUT2D eigenvalue weighted by atomic mass is 32.2. The van der Waals surface area contributed by atoms with Crippen LogP contribution in [0.4, 0.5) is 15.3 Å². The van der Waals surface area contributed by atoms with Crippen LogP contribution in [-0.4, -0.2) is 67.9 Å². The van der Waals surface area contributed by atoms with Crippen molar-refractivity contribution < 1.29 is 27.5 Å². The number of amides is 2. The first-order chi connectivity index (χ1) is 17.6. The van der Waals surface area contributed by atoms with E-state index in [1.165, 1.54) is 17.4 Å². The highest BCUT2D eigenvalue weighted by molar-refractivity contribution is 7.89. The number of hydrogen-bond acceptors (Lipinski definition) is 9. The van der Waals surface area contributed by atoms with Gasteiger partial charge in [0, 0.05) is 42.6 Å². The third-order valence-corrected chi connectivity index (χ3v) is 8.10. The van der Waals surface area contributed by atoms with Crippen molar-refractivity contribution in [3.05, 3.63) is 29.4 Å². The topological polar surface area (TPSA) is 139 Å². The van der Waals surface area contributed by atoms with Crippen LogP contribution >= 0.6 is 11.3 Å². The number of sulfonamides is 1. The maximum Gasteiger partial charge on any atom is 0.411 e. The minimum absolute atomic E-state index is 0.00344.